The molecule has 2 aromatic carbocycles. The first kappa shape index (κ1) is 14.1. The molecule has 4 nitrogen and oxygen atoms in total. The molecule has 2 aromatic rings. The smallest absolute Gasteiger partial charge is 0.262 e. The van der Waals surface area contributed by atoms with Crippen LogP contribution in [0.25, 0.3) is 0 Å². The van der Waals surface area contributed by atoms with Gasteiger partial charge >= 0.3 is 0 Å². The first-order chi connectivity index (χ1) is 11.1. The number of anilines is 2. The molecule has 118 valence electrons. The largest absolute Gasteiger partial charge is 0.497 e. The molecule has 1 unspecified atom stereocenters. The van der Waals surface area contributed by atoms with Gasteiger partial charge in [0.25, 0.3) is 5.91 Å². The second kappa shape index (κ2) is 5.01. The lowest BCUT2D eigenvalue weighted by molar-refractivity contribution is 0.0950. The molecule has 4 heteroatoms. The van der Waals surface area contributed by atoms with Gasteiger partial charge in [-0.15, -0.1) is 0 Å². The van der Waals surface area contributed by atoms with Gasteiger partial charge in [0.15, 0.2) is 0 Å². The molecule has 0 radical (unpaired) electrons. The Morgan fingerprint density at radius 3 is 2.57 bits per heavy atom. The van der Waals surface area contributed by atoms with Crippen molar-refractivity contribution in [3.63, 3.8) is 0 Å². The summed E-state index contributed by atoms with van der Waals surface area (Å²) in [6.07, 6.45) is 2.06. The molecule has 1 saturated heterocycles. The van der Waals surface area contributed by atoms with Crippen molar-refractivity contribution in [2.75, 3.05) is 23.5 Å². The average molecular weight is 308 g/mol. The van der Waals surface area contributed by atoms with Crippen LogP contribution in [-0.4, -0.2) is 25.2 Å². The predicted octanol–water partition coefficient (Wildman–Crippen LogP) is 3.67. The number of carbonyl (C=O) groups is 1. The number of rotatable bonds is 2. The number of benzene rings is 2. The zero-order valence-corrected chi connectivity index (χ0v) is 13.5. The maximum Gasteiger partial charge on any atom is 0.262 e. The van der Waals surface area contributed by atoms with Gasteiger partial charge in [-0.25, -0.2) is 0 Å². The second-order valence-electron chi connectivity index (χ2n) is 6.33. The molecular formula is C19H20N2O2. The maximum absolute atomic E-state index is 13.2. The van der Waals surface area contributed by atoms with E-state index in [0.29, 0.717) is 0 Å². The summed E-state index contributed by atoms with van der Waals surface area (Å²) < 4.78 is 5.24. The van der Waals surface area contributed by atoms with E-state index in [4.69, 9.17) is 4.74 Å². The van der Waals surface area contributed by atoms with E-state index in [9.17, 15) is 4.79 Å². The number of fused-ring (bicyclic) bond motifs is 3. The summed E-state index contributed by atoms with van der Waals surface area (Å²) >= 11 is 0. The Kier molecular flexibility index (Phi) is 3.08. The molecule has 0 N–H and O–H groups in total. The number of hydrogen-bond acceptors (Lipinski definition) is 3. The third kappa shape index (κ3) is 1.94. The lowest BCUT2D eigenvalue weighted by Gasteiger charge is -2.49. The first-order valence-electron chi connectivity index (χ1n) is 8.00. The molecule has 4 rings (SSSR count). The number of amides is 1. The van der Waals surface area contributed by atoms with Crippen molar-refractivity contribution < 1.29 is 9.53 Å². The minimum absolute atomic E-state index is 0.0754. The molecule has 1 atom stereocenters. The quantitative estimate of drug-likeness (QED) is 0.848. The zero-order valence-electron chi connectivity index (χ0n) is 13.5. The Bertz CT molecular complexity index is 756. The van der Waals surface area contributed by atoms with Gasteiger partial charge < -0.3 is 9.64 Å². The van der Waals surface area contributed by atoms with Crippen LogP contribution in [0.5, 0.6) is 5.75 Å². The maximum atomic E-state index is 13.2. The molecule has 1 amide bonds. The van der Waals surface area contributed by atoms with Crippen molar-refractivity contribution in [3.8, 4) is 5.75 Å². The third-order valence-electron chi connectivity index (χ3n) is 5.05. The van der Waals surface area contributed by atoms with Gasteiger partial charge in [0.2, 0.25) is 0 Å². The van der Waals surface area contributed by atoms with E-state index in [1.54, 1.807) is 7.11 Å². The topological polar surface area (TPSA) is 32.8 Å². The van der Waals surface area contributed by atoms with E-state index >= 15 is 0 Å². The van der Waals surface area contributed by atoms with Gasteiger partial charge in [0.1, 0.15) is 11.4 Å². The van der Waals surface area contributed by atoms with E-state index in [2.05, 4.69) is 17.9 Å². The van der Waals surface area contributed by atoms with Crippen LogP contribution in [0.3, 0.4) is 0 Å². The molecule has 1 fully saturated rings. The van der Waals surface area contributed by atoms with Gasteiger partial charge in [-0.2, -0.15) is 0 Å². The summed E-state index contributed by atoms with van der Waals surface area (Å²) in [6, 6.07) is 15.7. The van der Waals surface area contributed by atoms with Gasteiger partial charge in [0, 0.05) is 12.2 Å². The van der Waals surface area contributed by atoms with Crippen molar-refractivity contribution >= 4 is 17.3 Å². The summed E-state index contributed by atoms with van der Waals surface area (Å²) in [5.41, 5.74) is 2.45. The highest BCUT2D eigenvalue weighted by Gasteiger charge is 2.49. The molecule has 23 heavy (non-hydrogen) atoms. The molecule has 2 aliphatic rings. The predicted molar refractivity (Wildman–Crippen MR) is 91.2 cm³/mol. The van der Waals surface area contributed by atoms with Gasteiger partial charge in [0.05, 0.1) is 18.4 Å². The summed E-state index contributed by atoms with van der Waals surface area (Å²) in [4.78, 5) is 17.5. The number of hydrogen-bond donors (Lipinski definition) is 0. The van der Waals surface area contributed by atoms with Crippen LogP contribution in [0.1, 0.15) is 30.1 Å². The molecule has 0 bridgehead atoms. The van der Waals surface area contributed by atoms with Crippen molar-refractivity contribution in [2.45, 2.75) is 25.4 Å². The highest BCUT2D eigenvalue weighted by Crippen LogP contribution is 2.45. The Balaban J connectivity index is 1.86. The van der Waals surface area contributed by atoms with Crippen molar-refractivity contribution in [2.24, 2.45) is 0 Å². The summed E-state index contributed by atoms with van der Waals surface area (Å²) in [7, 11) is 1.65. The molecule has 2 heterocycles. The number of methoxy groups -OCH3 is 1. The molecule has 0 spiro atoms. The summed E-state index contributed by atoms with van der Waals surface area (Å²) in [5.74, 6) is 0.874. The minimum atomic E-state index is -0.306. The van der Waals surface area contributed by atoms with Crippen LogP contribution in [0.4, 0.5) is 11.4 Å². The number of nitrogens with zero attached hydrogens (tertiary/aromatic N) is 2. The molecule has 2 aliphatic heterocycles. The summed E-state index contributed by atoms with van der Waals surface area (Å²) in [5, 5.41) is 0. The number of para-hydroxylation sites is 1. The standard InChI is InChI=1S/C19H20N2O2/c1-19-12-5-13-20(19)17-7-4-3-6-16(17)18(22)21(19)14-8-10-15(23-2)11-9-14/h3-4,6-11H,5,12-13H2,1-2H3. The van der Waals surface area contributed by atoms with Crippen LogP contribution < -0.4 is 14.5 Å². The highest BCUT2D eigenvalue weighted by molar-refractivity contribution is 6.13. The SMILES string of the molecule is COc1ccc(N2C(=O)c3ccccc3N3CCCC32C)cc1. The van der Waals surface area contributed by atoms with Crippen LogP contribution >= 0.6 is 0 Å². The lowest BCUT2D eigenvalue weighted by atomic mass is 9.97. The van der Waals surface area contributed by atoms with Crippen LogP contribution in [0.2, 0.25) is 0 Å². The average Bonchev–Trinajstić information content (AvgIpc) is 2.98. The molecular weight excluding hydrogens is 288 g/mol. The van der Waals surface area contributed by atoms with Crippen LogP contribution in [0, 0.1) is 0 Å². The lowest BCUT2D eigenvalue weighted by Crippen LogP contribution is -2.61. The fourth-order valence-corrected chi connectivity index (χ4v) is 3.92. The Morgan fingerprint density at radius 2 is 1.83 bits per heavy atom. The van der Waals surface area contributed by atoms with Gasteiger partial charge in [-0.05, 0) is 56.2 Å². The van der Waals surface area contributed by atoms with Crippen molar-refractivity contribution in [1.82, 2.24) is 0 Å². The van der Waals surface area contributed by atoms with Crippen molar-refractivity contribution in [1.29, 1.82) is 0 Å². The first-order valence-corrected chi connectivity index (χ1v) is 8.00. The third-order valence-corrected chi connectivity index (χ3v) is 5.05. The Labute approximate surface area is 136 Å². The molecule has 0 aromatic heterocycles. The van der Waals surface area contributed by atoms with Crippen LogP contribution in [0.15, 0.2) is 48.5 Å². The summed E-state index contributed by atoms with van der Waals surface area (Å²) in [6.45, 7) is 3.14. The Hall–Kier alpha value is -2.49. The Morgan fingerprint density at radius 1 is 1.09 bits per heavy atom. The van der Waals surface area contributed by atoms with Gasteiger partial charge in [-0.1, -0.05) is 12.1 Å². The second-order valence-corrected chi connectivity index (χ2v) is 6.33. The van der Waals surface area contributed by atoms with Gasteiger partial charge in [-0.3, -0.25) is 9.69 Å². The molecule has 0 saturated carbocycles. The zero-order chi connectivity index (χ0) is 16.0. The number of carbonyl (C=O) groups excluding carboxylic acids is 1. The molecule has 0 aliphatic carbocycles. The van der Waals surface area contributed by atoms with E-state index in [1.165, 1.54) is 0 Å². The fourth-order valence-electron chi connectivity index (χ4n) is 3.92. The highest BCUT2D eigenvalue weighted by atomic mass is 16.5. The van der Waals surface area contributed by atoms with E-state index in [0.717, 1.165) is 42.1 Å². The van der Waals surface area contributed by atoms with E-state index < -0.39 is 0 Å². The fraction of sp³-hybridized carbons (Fsp3) is 0.316. The van der Waals surface area contributed by atoms with Crippen molar-refractivity contribution in [3.05, 3.63) is 54.1 Å². The van der Waals surface area contributed by atoms with E-state index in [1.807, 2.05) is 47.4 Å². The normalized spacial score (nSPS) is 22.8. The van der Waals surface area contributed by atoms with E-state index in [-0.39, 0.29) is 11.6 Å². The minimum Gasteiger partial charge on any atom is -0.497 e. The van der Waals surface area contributed by atoms with Crippen LogP contribution in [-0.2, 0) is 0 Å². The number of ether oxygens (including phenoxy) is 1. The monoisotopic (exact) mass is 308 g/mol.